The zero-order chi connectivity index (χ0) is 18.1. The monoisotopic (exact) mass is 358 g/mol. The van der Waals surface area contributed by atoms with Crippen molar-refractivity contribution < 1.29 is 44.4 Å². The lowest BCUT2D eigenvalue weighted by molar-refractivity contribution is -0.169. The Kier molecular flexibility index (Phi) is 4.75. The number of benzene rings is 2. The van der Waals surface area contributed by atoms with Crippen molar-refractivity contribution in [3.63, 3.8) is 0 Å². The van der Waals surface area contributed by atoms with Crippen LogP contribution >= 0.6 is 7.82 Å². The first-order chi connectivity index (χ1) is 11.0. The maximum atomic E-state index is 11.0. The lowest BCUT2D eigenvalue weighted by Crippen LogP contribution is -2.28. The van der Waals surface area contributed by atoms with E-state index in [-0.39, 0.29) is 11.3 Å². The lowest BCUT2D eigenvalue weighted by Gasteiger charge is -2.26. The molecule has 0 radical (unpaired) electrons. The summed E-state index contributed by atoms with van der Waals surface area (Å²) in [6, 6.07) is 6.98. The van der Waals surface area contributed by atoms with Crippen molar-refractivity contribution >= 4 is 7.82 Å². The molecule has 9 nitrogen and oxygen atoms in total. The van der Waals surface area contributed by atoms with Crippen LogP contribution in [0.1, 0.15) is 11.1 Å². The molecule has 130 valence electrons. The van der Waals surface area contributed by atoms with E-state index in [0.29, 0.717) is 0 Å². The molecule has 2 rings (SSSR count). The van der Waals surface area contributed by atoms with E-state index in [1.54, 1.807) is 0 Å². The summed E-state index contributed by atoms with van der Waals surface area (Å²) in [5.74, 6) is -5.19. The summed E-state index contributed by atoms with van der Waals surface area (Å²) in [5, 5.41) is 49.3. The van der Waals surface area contributed by atoms with Crippen LogP contribution in [0.2, 0.25) is 0 Å². The van der Waals surface area contributed by atoms with E-state index in [4.69, 9.17) is 9.79 Å². The molecule has 0 unspecified atom stereocenters. The summed E-state index contributed by atoms with van der Waals surface area (Å²) in [7, 11) is -5.10. The molecule has 0 aromatic heterocycles. The Balaban J connectivity index is 2.50. The van der Waals surface area contributed by atoms with Gasteiger partial charge in [-0.1, -0.05) is 12.1 Å². The average molecular weight is 358 g/mol. The van der Waals surface area contributed by atoms with Gasteiger partial charge >= 0.3 is 7.82 Å². The predicted molar refractivity (Wildman–Crippen MR) is 80.4 cm³/mol. The van der Waals surface area contributed by atoms with Crippen LogP contribution < -0.4 is 4.52 Å². The van der Waals surface area contributed by atoms with E-state index in [2.05, 4.69) is 4.52 Å². The smallest absolute Gasteiger partial charge is 0.508 e. The van der Waals surface area contributed by atoms with E-state index in [1.807, 2.05) is 0 Å². The number of hydrogen-bond acceptors (Lipinski definition) is 7. The van der Waals surface area contributed by atoms with Crippen LogP contribution in [0.5, 0.6) is 23.0 Å². The van der Waals surface area contributed by atoms with E-state index in [9.17, 15) is 30.1 Å². The Labute approximate surface area is 135 Å². The second-order valence-electron chi connectivity index (χ2n) is 5.08. The van der Waals surface area contributed by atoms with Gasteiger partial charge in [-0.3, -0.25) is 9.79 Å². The minimum absolute atomic E-state index is 0.134. The third-order valence-corrected chi connectivity index (χ3v) is 3.48. The second-order valence-corrected chi connectivity index (χ2v) is 6.25. The third kappa shape index (κ3) is 4.38. The van der Waals surface area contributed by atoms with Crippen molar-refractivity contribution in [3.05, 3.63) is 47.5 Å². The van der Waals surface area contributed by atoms with E-state index in [1.165, 1.54) is 24.3 Å². The van der Waals surface area contributed by atoms with Gasteiger partial charge in [-0.25, -0.2) is 4.57 Å². The summed E-state index contributed by atoms with van der Waals surface area (Å²) in [6.45, 7) is 0. The molecule has 0 saturated carbocycles. The zero-order valence-electron chi connectivity index (χ0n) is 12.1. The summed E-state index contributed by atoms with van der Waals surface area (Å²) in [5.41, 5.74) is -0.485. The molecule has 0 fully saturated rings. The molecule has 0 atom stereocenters. The first-order valence-electron chi connectivity index (χ1n) is 6.52. The molecule has 24 heavy (non-hydrogen) atoms. The SMILES string of the molecule is O=P(O)(O)Oc1cc(O)cc(O)c1C(O)(O)Cc1cccc(O)c1. The standard InChI is InChI=1S/C14H15O9P/c15-9-3-1-2-8(4-9)7-14(18,19)13-11(17)5-10(16)6-12(13)23-24(20,21)22/h1-6,15-19H,7H2,(H2,20,21,22). The molecule has 2 aromatic carbocycles. The predicted octanol–water partition coefficient (Wildman–Crippen LogP) is 0.655. The quantitative estimate of drug-likeness (QED) is 0.300. The zero-order valence-corrected chi connectivity index (χ0v) is 13.0. The van der Waals surface area contributed by atoms with Crippen molar-refractivity contribution in [2.24, 2.45) is 0 Å². The van der Waals surface area contributed by atoms with Crippen LogP contribution in [0.4, 0.5) is 0 Å². The first kappa shape index (κ1) is 18.1. The van der Waals surface area contributed by atoms with Gasteiger partial charge in [-0.15, -0.1) is 0 Å². The molecular formula is C14H15O9P. The minimum Gasteiger partial charge on any atom is -0.508 e. The van der Waals surface area contributed by atoms with Crippen LogP contribution in [0.3, 0.4) is 0 Å². The summed E-state index contributed by atoms with van der Waals surface area (Å²) in [6.07, 6.45) is -0.544. The minimum atomic E-state index is -5.10. The van der Waals surface area contributed by atoms with Gasteiger partial charge in [0, 0.05) is 18.6 Å². The van der Waals surface area contributed by atoms with E-state index >= 15 is 0 Å². The van der Waals surface area contributed by atoms with Gasteiger partial charge in [0.1, 0.15) is 23.0 Å². The highest BCUT2D eigenvalue weighted by Crippen LogP contribution is 2.47. The highest BCUT2D eigenvalue weighted by Gasteiger charge is 2.36. The fourth-order valence-corrected chi connectivity index (χ4v) is 2.63. The Hall–Kier alpha value is -2.29. The topological polar surface area (TPSA) is 168 Å². The molecule has 0 aliphatic carbocycles. The van der Waals surface area contributed by atoms with E-state index < -0.39 is 42.8 Å². The molecule has 0 aliphatic rings. The third-order valence-electron chi connectivity index (χ3n) is 3.04. The van der Waals surface area contributed by atoms with E-state index in [0.717, 1.165) is 12.1 Å². The van der Waals surface area contributed by atoms with Crippen LogP contribution in [0, 0.1) is 0 Å². The maximum absolute atomic E-state index is 11.0. The number of aromatic hydroxyl groups is 3. The number of phosphoric acid groups is 1. The van der Waals surface area contributed by atoms with Crippen LogP contribution in [0.25, 0.3) is 0 Å². The summed E-state index contributed by atoms with van der Waals surface area (Å²) in [4.78, 5) is 17.8. The molecule has 7 N–H and O–H groups in total. The largest absolute Gasteiger partial charge is 0.524 e. The highest BCUT2D eigenvalue weighted by molar-refractivity contribution is 7.46. The average Bonchev–Trinajstić information content (AvgIpc) is 2.34. The van der Waals surface area contributed by atoms with Crippen molar-refractivity contribution in [3.8, 4) is 23.0 Å². The number of phosphoric ester groups is 1. The van der Waals surface area contributed by atoms with Crippen LogP contribution in [0.15, 0.2) is 36.4 Å². The van der Waals surface area contributed by atoms with Crippen molar-refractivity contribution in [1.29, 1.82) is 0 Å². The molecule has 0 bridgehead atoms. The molecule has 0 spiro atoms. The molecule has 0 saturated heterocycles. The Morgan fingerprint density at radius 2 is 1.67 bits per heavy atom. The fraction of sp³-hybridized carbons (Fsp3) is 0.143. The van der Waals surface area contributed by atoms with Crippen LogP contribution in [-0.4, -0.2) is 35.3 Å². The number of hydrogen-bond donors (Lipinski definition) is 7. The molecule has 0 aliphatic heterocycles. The fourth-order valence-electron chi connectivity index (χ4n) is 2.23. The first-order valence-corrected chi connectivity index (χ1v) is 8.05. The Bertz CT molecular complexity index is 797. The Morgan fingerprint density at radius 1 is 1.00 bits per heavy atom. The lowest BCUT2D eigenvalue weighted by atomic mass is 9.96. The Morgan fingerprint density at radius 3 is 2.25 bits per heavy atom. The highest BCUT2D eigenvalue weighted by atomic mass is 31.2. The van der Waals surface area contributed by atoms with Gasteiger partial charge in [-0.2, -0.15) is 0 Å². The molecule has 2 aromatic rings. The summed E-state index contributed by atoms with van der Waals surface area (Å²) < 4.78 is 15.3. The van der Waals surface area contributed by atoms with Crippen molar-refractivity contribution in [2.75, 3.05) is 0 Å². The second kappa shape index (κ2) is 6.31. The summed E-state index contributed by atoms with van der Waals surface area (Å²) >= 11 is 0. The van der Waals surface area contributed by atoms with Gasteiger partial charge in [0.25, 0.3) is 0 Å². The van der Waals surface area contributed by atoms with Crippen molar-refractivity contribution in [2.45, 2.75) is 12.2 Å². The van der Waals surface area contributed by atoms with Gasteiger partial charge in [0.05, 0.1) is 5.56 Å². The number of aliphatic hydroxyl groups is 2. The van der Waals surface area contributed by atoms with Gasteiger partial charge in [0.15, 0.2) is 0 Å². The number of phenols is 3. The van der Waals surface area contributed by atoms with Crippen LogP contribution in [-0.2, 0) is 16.8 Å². The number of phenolic OH excluding ortho intramolecular Hbond substituents is 3. The number of rotatable bonds is 5. The maximum Gasteiger partial charge on any atom is 0.524 e. The molecular weight excluding hydrogens is 343 g/mol. The normalized spacial score (nSPS) is 12.2. The molecule has 0 heterocycles. The van der Waals surface area contributed by atoms with Gasteiger partial charge < -0.3 is 30.1 Å². The van der Waals surface area contributed by atoms with Gasteiger partial charge in [0.2, 0.25) is 5.79 Å². The molecule has 10 heteroatoms. The molecule has 0 amide bonds. The van der Waals surface area contributed by atoms with Crippen molar-refractivity contribution in [1.82, 2.24) is 0 Å². The van der Waals surface area contributed by atoms with Gasteiger partial charge in [-0.05, 0) is 17.7 Å².